The molecule has 1 aromatic rings. The SMILES string of the molecule is CCCc1ccccc1/C=C/C(=O)OC. The summed E-state index contributed by atoms with van der Waals surface area (Å²) in [5, 5.41) is 0. The molecule has 0 atom stereocenters. The van der Waals surface area contributed by atoms with Gasteiger partial charge in [-0.05, 0) is 23.6 Å². The molecule has 1 rings (SSSR count). The van der Waals surface area contributed by atoms with E-state index in [0.717, 1.165) is 18.4 Å². The Morgan fingerprint density at radius 3 is 2.80 bits per heavy atom. The molecule has 0 N–H and O–H groups in total. The molecular weight excluding hydrogens is 188 g/mol. The van der Waals surface area contributed by atoms with Crippen molar-refractivity contribution in [2.45, 2.75) is 19.8 Å². The first-order chi connectivity index (χ1) is 7.27. The van der Waals surface area contributed by atoms with Gasteiger partial charge in [0.15, 0.2) is 0 Å². The number of benzene rings is 1. The molecule has 0 unspecified atom stereocenters. The van der Waals surface area contributed by atoms with Crippen LogP contribution in [0.15, 0.2) is 30.3 Å². The van der Waals surface area contributed by atoms with Crippen molar-refractivity contribution >= 4 is 12.0 Å². The van der Waals surface area contributed by atoms with Gasteiger partial charge >= 0.3 is 5.97 Å². The Morgan fingerprint density at radius 2 is 2.13 bits per heavy atom. The van der Waals surface area contributed by atoms with Gasteiger partial charge in [-0.1, -0.05) is 37.6 Å². The van der Waals surface area contributed by atoms with Crippen molar-refractivity contribution in [2.75, 3.05) is 7.11 Å². The number of hydrogen-bond acceptors (Lipinski definition) is 2. The van der Waals surface area contributed by atoms with Gasteiger partial charge in [0, 0.05) is 6.08 Å². The first-order valence-corrected chi connectivity index (χ1v) is 5.12. The quantitative estimate of drug-likeness (QED) is 0.557. The summed E-state index contributed by atoms with van der Waals surface area (Å²) >= 11 is 0. The minimum atomic E-state index is -0.318. The van der Waals surface area contributed by atoms with Crippen LogP contribution in [0.25, 0.3) is 6.08 Å². The molecule has 0 saturated carbocycles. The van der Waals surface area contributed by atoms with Gasteiger partial charge in [0.05, 0.1) is 7.11 Å². The summed E-state index contributed by atoms with van der Waals surface area (Å²) in [5.74, 6) is -0.318. The molecule has 0 amide bonds. The molecule has 0 heterocycles. The van der Waals surface area contributed by atoms with Crippen LogP contribution in [-0.2, 0) is 16.0 Å². The van der Waals surface area contributed by atoms with E-state index in [9.17, 15) is 4.79 Å². The standard InChI is InChI=1S/C13H16O2/c1-3-6-11-7-4-5-8-12(11)9-10-13(14)15-2/h4-5,7-10H,3,6H2,1-2H3/b10-9+. The molecule has 0 spiro atoms. The van der Waals surface area contributed by atoms with E-state index in [2.05, 4.69) is 17.7 Å². The number of carbonyl (C=O) groups excluding carboxylic acids is 1. The number of methoxy groups -OCH3 is 1. The molecule has 2 nitrogen and oxygen atoms in total. The normalized spacial score (nSPS) is 10.5. The van der Waals surface area contributed by atoms with E-state index in [1.165, 1.54) is 18.7 Å². The number of esters is 1. The summed E-state index contributed by atoms with van der Waals surface area (Å²) < 4.78 is 4.55. The maximum absolute atomic E-state index is 10.9. The van der Waals surface area contributed by atoms with Gasteiger partial charge in [-0.2, -0.15) is 0 Å². The molecule has 0 aliphatic rings. The number of ether oxygens (including phenoxy) is 1. The summed E-state index contributed by atoms with van der Waals surface area (Å²) in [5.41, 5.74) is 2.35. The van der Waals surface area contributed by atoms with Crippen LogP contribution >= 0.6 is 0 Å². The van der Waals surface area contributed by atoms with E-state index in [-0.39, 0.29) is 5.97 Å². The molecule has 0 aliphatic carbocycles. The molecular formula is C13H16O2. The third-order valence-electron chi connectivity index (χ3n) is 2.17. The maximum atomic E-state index is 10.9. The van der Waals surface area contributed by atoms with Crippen LogP contribution in [-0.4, -0.2) is 13.1 Å². The monoisotopic (exact) mass is 204 g/mol. The zero-order chi connectivity index (χ0) is 11.1. The number of carbonyl (C=O) groups is 1. The van der Waals surface area contributed by atoms with E-state index >= 15 is 0 Å². The highest BCUT2D eigenvalue weighted by atomic mass is 16.5. The average molecular weight is 204 g/mol. The molecule has 2 heteroatoms. The Bertz CT molecular complexity index is 353. The number of rotatable bonds is 4. The van der Waals surface area contributed by atoms with Crippen LogP contribution in [0.5, 0.6) is 0 Å². The molecule has 0 bridgehead atoms. The summed E-state index contributed by atoms with van der Waals surface area (Å²) in [6.45, 7) is 2.14. The Balaban J connectivity index is 2.83. The Kier molecular flexibility index (Phi) is 4.61. The third-order valence-corrected chi connectivity index (χ3v) is 2.17. The van der Waals surface area contributed by atoms with Gasteiger partial charge in [-0.15, -0.1) is 0 Å². The van der Waals surface area contributed by atoms with Crippen molar-refractivity contribution in [2.24, 2.45) is 0 Å². The molecule has 0 aliphatic heterocycles. The number of aryl methyl sites for hydroxylation is 1. The fourth-order valence-electron chi connectivity index (χ4n) is 1.42. The van der Waals surface area contributed by atoms with Gasteiger partial charge in [-0.25, -0.2) is 4.79 Å². The van der Waals surface area contributed by atoms with E-state index in [0.29, 0.717) is 0 Å². The summed E-state index contributed by atoms with van der Waals surface area (Å²) in [6, 6.07) is 8.07. The van der Waals surface area contributed by atoms with Crippen LogP contribution in [0, 0.1) is 0 Å². The van der Waals surface area contributed by atoms with Crippen LogP contribution in [0.2, 0.25) is 0 Å². The third kappa shape index (κ3) is 3.58. The zero-order valence-electron chi connectivity index (χ0n) is 9.19. The van der Waals surface area contributed by atoms with Gasteiger partial charge < -0.3 is 4.74 Å². The Labute approximate surface area is 90.6 Å². The first kappa shape index (κ1) is 11.5. The molecule has 0 saturated heterocycles. The van der Waals surface area contributed by atoms with E-state index in [1.807, 2.05) is 18.2 Å². The Morgan fingerprint density at radius 1 is 1.40 bits per heavy atom. The molecule has 80 valence electrons. The summed E-state index contributed by atoms with van der Waals surface area (Å²) in [4.78, 5) is 10.9. The Hall–Kier alpha value is -1.57. The van der Waals surface area contributed by atoms with Crippen molar-refractivity contribution in [3.8, 4) is 0 Å². The molecule has 15 heavy (non-hydrogen) atoms. The minimum absolute atomic E-state index is 0.318. The van der Waals surface area contributed by atoms with Gasteiger partial charge in [0.25, 0.3) is 0 Å². The summed E-state index contributed by atoms with van der Waals surface area (Å²) in [6.07, 6.45) is 5.39. The zero-order valence-corrected chi connectivity index (χ0v) is 9.19. The van der Waals surface area contributed by atoms with Crippen molar-refractivity contribution in [3.05, 3.63) is 41.5 Å². The van der Waals surface area contributed by atoms with Gasteiger partial charge in [0.1, 0.15) is 0 Å². The largest absolute Gasteiger partial charge is 0.466 e. The number of hydrogen-bond donors (Lipinski definition) is 0. The molecule has 1 aromatic carbocycles. The van der Waals surface area contributed by atoms with Crippen LogP contribution < -0.4 is 0 Å². The lowest BCUT2D eigenvalue weighted by atomic mass is 10.0. The highest BCUT2D eigenvalue weighted by molar-refractivity contribution is 5.87. The second-order valence-electron chi connectivity index (χ2n) is 3.31. The van der Waals surface area contributed by atoms with Crippen LogP contribution in [0.4, 0.5) is 0 Å². The highest BCUT2D eigenvalue weighted by Gasteiger charge is 1.98. The smallest absolute Gasteiger partial charge is 0.330 e. The van der Waals surface area contributed by atoms with E-state index < -0.39 is 0 Å². The van der Waals surface area contributed by atoms with E-state index in [4.69, 9.17) is 0 Å². The summed E-state index contributed by atoms with van der Waals surface area (Å²) in [7, 11) is 1.38. The van der Waals surface area contributed by atoms with E-state index in [1.54, 1.807) is 6.08 Å². The minimum Gasteiger partial charge on any atom is -0.466 e. The molecule has 0 fully saturated rings. The topological polar surface area (TPSA) is 26.3 Å². The van der Waals surface area contributed by atoms with Crippen LogP contribution in [0.3, 0.4) is 0 Å². The second-order valence-corrected chi connectivity index (χ2v) is 3.31. The lowest BCUT2D eigenvalue weighted by molar-refractivity contribution is -0.134. The fraction of sp³-hybridized carbons (Fsp3) is 0.308. The maximum Gasteiger partial charge on any atom is 0.330 e. The van der Waals surface area contributed by atoms with Crippen molar-refractivity contribution < 1.29 is 9.53 Å². The predicted octanol–water partition coefficient (Wildman–Crippen LogP) is 2.83. The van der Waals surface area contributed by atoms with Gasteiger partial charge in [0.2, 0.25) is 0 Å². The average Bonchev–Trinajstić information content (AvgIpc) is 2.28. The highest BCUT2D eigenvalue weighted by Crippen LogP contribution is 2.12. The first-order valence-electron chi connectivity index (χ1n) is 5.12. The second kappa shape index (κ2) is 6.02. The fourth-order valence-corrected chi connectivity index (χ4v) is 1.42. The van der Waals surface area contributed by atoms with Gasteiger partial charge in [-0.3, -0.25) is 0 Å². The van der Waals surface area contributed by atoms with Crippen molar-refractivity contribution in [3.63, 3.8) is 0 Å². The van der Waals surface area contributed by atoms with Crippen LogP contribution in [0.1, 0.15) is 24.5 Å². The van der Waals surface area contributed by atoms with Crippen molar-refractivity contribution in [1.29, 1.82) is 0 Å². The predicted molar refractivity (Wildman–Crippen MR) is 61.5 cm³/mol. The molecule has 0 aromatic heterocycles. The van der Waals surface area contributed by atoms with Crippen molar-refractivity contribution in [1.82, 2.24) is 0 Å². The molecule has 0 radical (unpaired) electrons. The lowest BCUT2D eigenvalue weighted by Gasteiger charge is -2.03. The lowest BCUT2D eigenvalue weighted by Crippen LogP contribution is -1.94.